The van der Waals surface area contributed by atoms with Gasteiger partial charge in [0.05, 0.1) is 24.4 Å². The predicted molar refractivity (Wildman–Crippen MR) is 110 cm³/mol. The Balaban J connectivity index is 1.55. The largest absolute Gasteiger partial charge is 0.378 e. The maximum absolute atomic E-state index is 5.55. The van der Waals surface area contributed by atoms with Gasteiger partial charge in [-0.15, -0.1) is 0 Å². The number of nitrogens with one attached hydrogen (secondary N) is 1. The first-order valence-corrected chi connectivity index (χ1v) is 9.47. The molecule has 1 saturated heterocycles. The van der Waals surface area contributed by atoms with E-state index in [0.717, 1.165) is 67.2 Å². The normalized spacial score (nSPS) is 14.5. The van der Waals surface area contributed by atoms with Crippen molar-refractivity contribution in [3.8, 4) is 11.3 Å². The number of fused-ring (bicyclic) bond motifs is 1. The molecule has 0 radical (unpaired) electrons. The molecule has 0 saturated carbocycles. The van der Waals surface area contributed by atoms with Crippen molar-refractivity contribution in [3.63, 3.8) is 0 Å². The number of benzene rings is 1. The van der Waals surface area contributed by atoms with Gasteiger partial charge in [0.1, 0.15) is 5.82 Å². The minimum absolute atomic E-state index is 0.676. The monoisotopic (exact) mass is 363 g/mol. The van der Waals surface area contributed by atoms with Crippen LogP contribution in [-0.4, -0.2) is 49.4 Å². The molecule has 0 spiro atoms. The van der Waals surface area contributed by atoms with Gasteiger partial charge in [-0.2, -0.15) is 0 Å². The Morgan fingerprint density at radius 3 is 2.67 bits per heavy atom. The van der Waals surface area contributed by atoms with Crippen LogP contribution in [0, 0.1) is 0 Å². The minimum Gasteiger partial charge on any atom is -0.378 e. The van der Waals surface area contributed by atoms with Crippen molar-refractivity contribution < 1.29 is 4.74 Å². The SMILES string of the molecule is NCCCNc1ccc2cnc(-c3ccc(N4CCOCC4)cc3)cc2n1. The van der Waals surface area contributed by atoms with E-state index in [9.17, 15) is 0 Å². The molecule has 27 heavy (non-hydrogen) atoms. The third-order valence-corrected chi connectivity index (χ3v) is 4.80. The molecule has 6 heteroatoms. The molecule has 6 nitrogen and oxygen atoms in total. The van der Waals surface area contributed by atoms with Gasteiger partial charge in [0.2, 0.25) is 0 Å². The molecule has 3 aromatic rings. The Kier molecular flexibility index (Phi) is 5.46. The number of nitrogens with zero attached hydrogens (tertiary/aromatic N) is 3. The van der Waals surface area contributed by atoms with Gasteiger partial charge in [-0.05, 0) is 43.3 Å². The fourth-order valence-corrected chi connectivity index (χ4v) is 3.26. The highest BCUT2D eigenvalue weighted by molar-refractivity contribution is 5.83. The van der Waals surface area contributed by atoms with Crippen molar-refractivity contribution in [1.82, 2.24) is 9.97 Å². The van der Waals surface area contributed by atoms with Crippen molar-refractivity contribution in [1.29, 1.82) is 0 Å². The van der Waals surface area contributed by atoms with E-state index in [-0.39, 0.29) is 0 Å². The maximum Gasteiger partial charge on any atom is 0.126 e. The molecule has 1 aromatic carbocycles. The highest BCUT2D eigenvalue weighted by Gasteiger charge is 2.11. The molecule has 0 amide bonds. The molecule has 1 aliphatic heterocycles. The quantitative estimate of drug-likeness (QED) is 0.656. The van der Waals surface area contributed by atoms with E-state index in [0.29, 0.717) is 6.54 Å². The summed E-state index contributed by atoms with van der Waals surface area (Å²) in [5.74, 6) is 0.871. The first kappa shape index (κ1) is 17.7. The van der Waals surface area contributed by atoms with Gasteiger partial charge in [-0.3, -0.25) is 4.98 Å². The number of hydrogen-bond donors (Lipinski definition) is 2. The third kappa shape index (κ3) is 4.18. The number of anilines is 2. The van der Waals surface area contributed by atoms with Gasteiger partial charge in [-0.1, -0.05) is 12.1 Å². The van der Waals surface area contributed by atoms with Crippen LogP contribution in [0.3, 0.4) is 0 Å². The molecule has 1 aliphatic rings. The maximum atomic E-state index is 5.55. The van der Waals surface area contributed by atoms with E-state index in [4.69, 9.17) is 15.5 Å². The predicted octanol–water partition coefficient (Wildman–Crippen LogP) is 2.89. The number of nitrogens with two attached hydrogens (primary N) is 1. The number of morpholine rings is 1. The summed E-state index contributed by atoms with van der Waals surface area (Å²) in [6, 6.07) is 14.6. The molecular weight excluding hydrogens is 338 g/mol. The second kappa shape index (κ2) is 8.33. The Hall–Kier alpha value is -2.70. The average molecular weight is 363 g/mol. The van der Waals surface area contributed by atoms with Gasteiger partial charge in [0, 0.05) is 42.5 Å². The van der Waals surface area contributed by atoms with Crippen LogP contribution in [0.25, 0.3) is 22.2 Å². The number of pyridine rings is 2. The van der Waals surface area contributed by atoms with E-state index >= 15 is 0 Å². The molecule has 0 aliphatic carbocycles. The van der Waals surface area contributed by atoms with Crippen LogP contribution in [0.5, 0.6) is 0 Å². The van der Waals surface area contributed by atoms with Gasteiger partial charge in [0.25, 0.3) is 0 Å². The van der Waals surface area contributed by atoms with Crippen molar-refractivity contribution in [2.45, 2.75) is 6.42 Å². The second-order valence-electron chi connectivity index (χ2n) is 6.67. The standard InChI is InChI=1S/C21H25N5O/c22-8-1-9-23-21-7-4-17-15-24-19(14-20(17)25-21)16-2-5-18(6-3-16)26-10-12-27-13-11-26/h2-7,14-15H,1,8-13,22H2,(H,23,25). The Morgan fingerprint density at radius 1 is 1.07 bits per heavy atom. The van der Waals surface area contributed by atoms with E-state index in [1.54, 1.807) is 0 Å². The zero-order valence-electron chi connectivity index (χ0n) is 15.4. The number of hydrogen-bond acceptors (Lipinski definition) is 6. The summed E-state index contributed by atoms with van der Waals surface area (Å²) in [6.07, 6.45) is 2.81. The summed E-state index contributed by atoms with van der Waals surface area (Å²) in [5, 5.41) is 4.35. The minimum atomic E-state index is 0.676. The van der Waals surface area contributed by atoms with Crippen molar-refractivity contribution in [3.05, 3.63) is 48.7 Å². The molecule has 2 aromatic heterocycles. The molecule has 140 valence electrons. The van der Waals surface area contributed by atoms with Crippen LogP contribution in [-0.2, 0) is 4.74 Å². The first-order valence-electron chi connectivity index (χ1n) is 9.47. The molecule has 0 bridgehead atoms. The molecule has 0 atom stereocenters. The number of ether oxygens (including phenoxy) is 1. The lowest BCUT2D eigenvalue weighted by atomic mass is 10.1. The fraction of sp³-hybridized carbons (Fsp3) is 0.333. The zero-order valence-corrected chi connectivity index (χ0v) is 15.4. The summed E-state index contributed by atoms with van der Waals surface area (Å²) >= 11 is 0. The lowest BCUT2D eigenvalue weighted by molar-refractivity contribution is 0.122. The van der Waals surface area contributed by atoms with E-state index in [1.165, 1.54) is 5.69 Å². The lowest BCUT2D eigenvalue weighted by Gasteiger charge is -2.28. The number of aromatic nitrogens is 2. The summed E-state index contributed by atoms with van der Waals surface area (Å²) in [5.41, 5.74) is 9.74. The van der Waals surface area contributed by atoms with Crippen LogP contribution in [0.1, 0.15) is 6.42 Å². The van der Waals surface area contributed by atoms with Crippen molar-refractivity contribution in [2.75, 3.05) is 49.6 Å². The van der Waals surface area contributed by atoms with Gasteiger partial charge in [-0.25, -0.2) is 4.98 Å². The summed E-state index contributed by atoms with van der Waals surface area (Å²) in [4.78, 5) is 11.7. The van der Waals surface area contributed by atoms with Crippen LogP contribution in [0.4, 0.5) is 11.5 Å². The van der Waals surface area contributed by atoms with Gasteiger partial charge < -0.3 is 20.7 Å². The molecular formula is C21H25N5O. The van der Waals surface area contributed by atoms with Crippen molar-refractivity contribution >= 4 is 22.4 Å². The molecule has 4 rings (SSSR count). The van der Waals surface area contributed by atoms with Crippen molar-refractivity contribution in [2.24, 2.45) is 5.73 Å². The van der Waals surface area contributed by atoms with Crippen LogP contribution >= 0.6 is 0 Å². The second-order valence-corrected chi connectivity index (χ2v) is 6.67. The van der Waals surface area contributed by atoms with Gasteiger partial charge >= 0.3 is 0 Å². The first-order chi connectivity index (χ1) is 13.3. The zero-order chi connectivity index (χ0) is 18.5. The highest BCUT2D eigenvalue weighted by Crippen LogP contribution is 2.25. The number of rotatable bonds is 6. The molecule has 3 heterocycles. The summed E-state index contributed by atoms with van der Waals surface area (Å²) in [6.45, 7) is 4.97. The molecule has 1 fully saturated rings. The summed E-state index contributed by atoms with van der Waals surface area (Å²) in [7, 11) is 0. The summed E-state index contributed by atoms with van der Waals surface area (Å²) < 4.78 is 5.43. The Morgan fingerprint density at radius 2 is 1.89 bits per heavy atom. The van der Waals surface area contributed by atoms with Crippen LogP contribution in [0.15, 0.2) is 48.7 Å². The highest BCUT2D eigenvalue weighted by atomic mass is 16.5. The van der Waals surface area contributed by atoms with E-state index in [1.807, 2.05) is 24.4 Å². The average Bonchev–Trinajstić information content (AvgIpc) is 2.74. The fourth-order valence-electron chi connectivity index (χ4n) is 3.26. The Bertz CT molecular complexity index is 891. The van der Waals surface area contributed by atoms with Crippen LogP contribution in [0.2, 0.25) is 0 Å². The van der Waals surface area contributed by atoms with Gasteiger partial charge in [0.15, 0.2) is 0 Å². The Labute approximate surface area is 159 Å². The van der Waals surface area contributed by atoms with Crippen LogP contribution < -0.4 is 16.0 Å². The molecule has 3 N–H and O–H groups in total. The van der Waals surface area contributed by atoms with E-state index < -0.39 is 0 Å². The van der Waals surface area contributed by atoms with E-state index in [2.05, 4.69) is 39.5 Å². The topological polar surface area (TPSA) is 76.3 Å². The molecule has 0 unspecified atom stereocenters. The third-order valence-electron chi connectivity index (χ3n) is 4.80. The smallest absolute Gasteiger partial charge is 0.126 e. The lowest BCUT2D eigenvalue weighted by Crippen LogP contribution is -2.36.